The van der Waals surface area contributed by atoms with Gasteiger partial charge < -0.3 is 5.73 Å². The minimum atomic E-state index is -0.570. The van der Waals surface area contributed by atoms with E-state index in [1.807, 2.05) is 0 Å². The Morgan fingerprint density at radius 2 is 1.76 bits per heavy atom. The van der Waals surface area contributed by atoms with Crippen LogP contribution in [-0.4, -0.2) is 14.5 Å². The van der Waals surface area contributed by atoms with Gasteiger partial charge in [0.15, 0.2) is 5.82 Å². The smallest absolute Gasteiger partial charge is 0.263 e. The van der Waals surface area contributed by atoms with Gasteiger partial charge in [-0.25, -0.2) is 14.4 Å². The first kappa shape index (κ1) is 18.1. The number of aromatic nitrogens is 3. The third-order valence-corrected chi connectivity index (χ3v) is 4.44. The molecular formula is C22H14FN5O. The van der Waals surface area contributed by atoms with Crippen LogP contribution < -0.4 is 11.3 Å². The molecule has 0 fully saturated rings. The quantitative estimate of drug-likeness (QED) is 0.547. The average molecular weight is 382 g/mol. The van der Waals surface area contributed by atoms with Crippen molar-refractivity contribution in [3.8, 4) is 34.3 Å². The number of halogens is 1. The minimum absolute atomic E-state index is 0.0743. The minimum Gasteiger partial charge on any atom is -0.396 e. The van der Waals surface area contributed by atoms with Gasteiger partial charge in [-0.2, -0.15) is 5.26 Å². The lowest BCUT2D eigenvalue weighted by molar-refractivity contribution is 0.632. The van der Waals surface area contributed by atoms with E-state index in [1.54, 1.807) is 55.0 Å². The molecule has 0 aliphatic rings. The number of hydrogen-bond donors (Lipinski definition) is 1. The Balaban J connectivity index is 2.04. The zero-order valence-electron chi connectivity index (χ0n) is 15.1. The van der Waals surface area contributed by atoms with Crippen molar-refractivity contribution < 1.29 is 4.39 Å². The summed E-state index contributed by atoms with van der Waals surface area (Å²) in [7, 11) is 0. The molecule has 4 aromatic rings. The number of nitrogen functional groups attached to an aromatic ring is 1. The van der Waals surface area contributed by atoms with Crippen LogP contribution in [-0.2, 0) is 0 Å². The summed E-state index contributed by atoms with van der Waals surface area (Å²) in [6, 6.07) is 16.3. The second kappa shape index (κ2) is 7.37. The molecule has 6 nitrogen and oxygen atoms in total. The van der Waals surface area contributed by atoms with Crippen LogP contribution in [0.4, 0.5) is 10.1 Å². The van der Waals surface area contributed by atoms with E-state index in [-0.39, 0.29) is 11.2 Å². The van der Waals surface area contributed by atoms with Crippen LogP contribution in [0.5, 0.6) is 0 Å². The third-order valence-electron chi connectivity index (χ3n) is 4.44. The zero-order valence-corrected chi connectivity index (χ0v) is 15.1. The average Bonchev–Trinajstić information content (AvgIpc) is 2.76. The van der Waals surface area contributed by atoms with Crippen LogP contribution in [0.2, 0.25) is 0 Å². The number of benzene rings is 2. The van der Waals surface area contributed by atoms with E-state index in [1.165, 1.54) is 22.8 Å². The second-order valence-electron chi connectivity index (χ2n) is 6.25. The van der Waals surface area contributed by atoms with Gasteiger partial charge in [0.25, 0.3) is 5.56 Å². The van der Waals surface area contributed by atoms with Gasteiger partial charge in [0.05, 0.1) is 23.0 Å². The van der Waals surface area contributed by atoms with Crippen molar-refractivity contribution in [1.82, 2.24) is 14.5 Å². The maximum absolute atomic E-state index is 13.6. The van der Waals surface area contributed by atoms with Crippen molar-refractivity contribution in [1.29, 1.82) is 5.26 Å². The van der Waals surface area contributed by atoms with Crippen molar-refractivity contribution in [2.45, 2.75) is 0 Å². The summed E-state index contributed by atoms with van der Waals surface area (Å²) in [5.74, 6) is -0.161. The summed E-state index contributed by atoms with van der Waals surface area (Å²) in [6.07, 6.45) is 4.76. The molecule has 0 aliphatic carbocycles. The number of nitrogens with zero attached hydrogens (tertiary/aromatic N) is 4. The molecular weight excluding hydrogens is 368 g/mol. The van der Waals surface area contributed by atoms with Gasteiger partial charge in [0.1, 0.15) is 5.82 Å². The summed E-state index contributed by atoms with van der Waals surface area (Å²) >= 11 is 0. The fourth-order valence-electron chi connectivity index (χ4n) is 3.03. The van der Waals surface area contributed by atoms with Crippen molar-refractivity contribution >= 4 is 5.69 Å². The van der Waals surface area contributed by atoms with Crippen LogP contribution in [0.3, 0.4) is 0 Å². The fourth-order valence-corrected chi connectivity index (χ4v) is 3.03. The fraction of sp³-hybridized carbons (Fsp3) is 0. The van der Waals surface area contributed by atoms with Crippen molar-refractivity contribution in [2.24, 2.45) is 0 Å². The molecule has 2 aromatic heterocycles. The lowest BCUT2D eigenvalue weighted by Gasteiger charge is -2.13. The monoisotopic (exact) mass is 382 g/mol. The molecule has 2 heterocycles. The van der Waals surface area contributed by atoms with E-state index in [9.17, 15) is 14.4 Å². The lowest BCUT2D eigenvalue weighted by Crippen LogP contribution is -2.20. The SMILES string of the molecule is N#[11C]c1ccccc1-c1cc(-c2ncccn2)cn(-c2ccc(F)c(N)c2)c1=O. The first-order valence-corrected chi connectivity index (χ1v) is 8.67. The lowest BCUT2D eigenvalue weighted by atomic mass is 9.90. The number of hydrogen-bond acceptors (Lipinski definition) is 5. The Hall–Kier alpha value is -4.31. The Morgan fingerprint density at radius 3 is 2.48 bits per heavy atom. The molecule has 0 saturated heterocycles. The summed E-state index contributed by atoms with van der Waals surface area (Å²) < 4.78 is 15.0. The van der Waals surface area contributed by atoms with Crippen LogP contribution in [0.15, 0.2) is 78.0 Å². The van der Waals surface area contributed by atoms with Gasteiger partial charge in [-0.3, -0.25) is 9.36 Å². The van der Waals surface area contributed by atoms with Gasteiger partial charge in [-0.15, -0.1) is 0 Å². The second-order valence-corrected chi connectivity index (χ2v) is 6.25. The molecule has 0 unspecified atom stereocenters. The van der Waals surface area contributed by atoms with E-state index in [2.05, 4.69) is 16.0 Å². The Kier molecular flexibility index (Phi) is 4.59. The molecule has 0 amide bonds. The molecule has 140 valence electrons. The van der Waals surface area contributed by atoms with Gasteiger partial charge in [0, 0.05) is 35.3 Å². The standard InChI is InChI=1S/C22H14FN5O/c23-19-7-6-16(11-20(19)25)28-13-15(21-26-8-3-9-27-21)10-18(22(28)29)17-5-2-1-4-14(17)12-24/h1-11,13H,25H2/i12-1. The molecule has 0 atom stereocenters. The van der Waals surface area contributed by atoms with E-state index in [4.69, 9.17) is 5.73 Å². The number of nitriles is 1. The molecule has 0 radical (unpaired) electrons. The Labute approximate surface area is 165 Å². The van der Waals surface area contributed by atoms with E-state index in [0.717, 1.165) is 0 Å². The van der Waals surface area contributed by atoms with Crippen molar-refractivity contribution in [3.05, 3.63) is 94.9 Å². The molecule has 0 bridgehead atoms. The van der Waals surface area contributed by atoms with Gasteiger partial charge in [-0.05, 0) is 36.4 Å². The highest BCUT2D eigenvalue weighted by atomic mass is 19.1. The van der Waals surface area contributed by atoms with Crippen LogP contribution in [0.1, 0.15) is 5.56 Å². The molecule has 0 aliphatic heterocycles. The molecule has 0 saturated carbocycles. The van der Waals surface area contributed by atoms with Crippen LogP contribution in [0, 0.1) is 17.1 Å². The van der Waals surface area contributed by atoms with Gasteiger partial charge in [0.2, 0.25) is 0 Å². The van der Waals surface area contributed by atoms with E-state index in [0.29, 0.717) is 33.8 Å². The zero-order chi connectivity index (χ0) is 20.4. The van der Waals surface area contributed by atoms with E-state index >= 15 is 0 Å². The Bertz CT molecular complexity index is 1310. The third kappa shape index (κ3) is 3.35. The highest BCUT2D eigenvalue weighted by molar-refractivity contribution is 5.74. The Morgan fingerprint density at radius 1 is 1.00 bits per heavy atom. The van der Waals surface area contributed by atoms with Crippen molar-refractivity contribution in [2.75, 3.05) is 5.73 Å². The number of rotatable bonds is 3. The van der Waals surface area contributed by atoms with Crippen LogP contribution >= 0.6 is 0 Å². The van der Waals surface area contributed by atoms with Gasteiger partial charge >= 0.3 is 0 Å². The molecule has 2 N–H and O–H groups in total. The van der Waals surface area contributed by atoms with Crippen molar-refractivity contribution in [3.63, 3.8) is 0 Å². The molecule has 4 rings (SSSR count). The molecule has 29 heavy (non-hydrogen) atoms. The number of pyridine rings is 1. The maximum Gasteiger partial charge on any atom is 0.263 e. The predicted octanol–water partition coefficient (Wildman–Crippen LogP) is 3.55. The first-order valence-electron chi connectivity index (χ1n) is 8.67. The largest absolute Gasteiger partial charge is 0.396 e. The summed E-state index contributed by atoms with van der Waals surface area (Å²) in [5, 5.41) is 9.47. The van der Waals surface area contributed by atoms with E-state index < -0.39 is 5.82 Å². The summed E-state index contributed by atoms with van der Waals surface area (Å²) in [4.78, 5) is 21.8. The van der Waals surface area contributed by atoms with Gasteiger partial charge in [-0.1, -0.05) is 18.2 Å². The number of anilines is 1. The molecule has 2 aromatic carbocycles. The molecule has 0 spiro atoms. The predicted molar refractivity (Wildman–Crippen MR) is 108 cm³/mol. The topological polar surface area (TPSA) is 97.6 Å². The summed E-state index contributed by atoms with van der Waals surface area (Å²) in [5.41, 5.74) is 7.35. The molecule has 7 heteroatoms. The highest BCUT2D eigenvalue weighted by Gasteiger charge is 2.16. The number of nitrogens with two attached hydrogens (primary N) is 1. The van der Waals surface area contributed by atoms with Crippen LogP contribution in [0.25, 0.3) is 28.2 Å². The normalized spacial score (nSPS) is 10.5. The highest BCUT2D eigenvalue weighted by Crippen LogP contribution is 2.26. The summed E-state index contributed by atoms with van der Waals surface area (Å²) in [6.45, 7) is 0. The maximum atomic E-state index is 13.6. The first-order chi connectivity index (χ1) is 14.1.